The maximum absolute atomic E-state index is 13.2. The Hall–Kier alpha value is -3.23. The van der Waals surface area contributed by atoms with Gasteiger partial charge in [0, 0.05) is 31.9 Å². The van der Waals surface area contributed by atoms with E-state index in [0.717, 1.165) is 43.9 Å². The zero-order valence-corrected chi connectivity index (χ0v) is 16.8. The van der Waals surface area contributed by atoms with Crippen LogP contribution in [-0.2, 0) is 16.0 Å². The Bertz CT molecular complexity index is 1090. The minimum atomic E-state index is -0.407. The number of anilines is 2. The Morgan fingerprint density at radius 2 is 1.83 bits per heavy atom. The lowest BCUT2D eigenvalue weighted by molar-refractivity contribution is 0.0364. The summed E-state index contributed by atoms with van der Waals surface area (Å²) in [5.41, 5.74) is 2.48. The lowest BCUT2D eigenvalue weighted by atomic mass is 10.2. The van der Waals surface area contributed by atoms with Crippen LogP contribution in [0.25, 0.3) is 11.0 Å². The predicted molar refractivity (Wildman–Crippen MR) is 114 cm³/mol. The standard InChI is InChI=1S/C22H24N4O4/c1-29-22(28)16-6-8-17(9-7-16)23-20-21(27)26(11-10-25-12-14-30-15-13-25)19-5-3-2-4-18(19)24-20/h2-9H,10-15H2,1H3,(H,23,24). The molecule has 0 radical (unpaired) electrons. The molecule has 8 nitrogen and oxygen atoms in total. The Kier molecular flexibility index (Phi) is 6.06. The van der Waals surface area contributed by atoms with Crippen LogP contribution in [0.4, 0.5) is 11.5 Å². The molecule has 1 saturated heterocycles. The Balaban J connectivity index is 1.62. The fourth-order valence-electron chi connectivity index (χ4n) is 3.51. The van der Waals surface area contributed by atoms with Gasteiger partial charge < -0.3 is 19.4 Å². The van der Waals surface area contributed by atoms with Crippen molar-refractivity contribution < 1.29 is 14.3 Å². The molecule has 0 aliphatic carbocycles. The summed E-state index contributed by atoms with van der Waals surface area (Å²) in [6.45, 7) is 4.52. The normalized spacial score (nSPS) is 14.6. The van der Waals surface area contributed by atoms with Crippen LogP contribution in [0.3, 0.4) is 0 Å². The number of nitrogens with one attached hydrogen (secondary N) is 1. The number of esters is 1. The molecule has 3 aromatic rings. The van der Waals surface area contributed by atoms with Crippen LogP contribution in [-0.4, -0.2) is 60.4 Å². The summed E-state index contributed by atoms with van der Waals surface area (Å²) in [6, 6.07) is 14.4. The Morgan fingerprint density at radius 1 is 1.10 bits per heavy atom. The molecule has 0 atom stereocenters. The number of aromatic nitrogens is 2. The molecule has 0 unspecified atom stereocenters. The van der Waals surface area contributed by atoms with Crippen molar-refractivity contribution in [3.05, 3.63) is 64.4 Å². The number of benzene rings is 2. The lowest BCUT2D eigenvalue weighted by Gasteiger charge is -2.27. The van der Waals surface area contributed by atoms with E-state index in [1.165, 1.54) is 7.11 Å². The second-order valence-corrected chi connectivity index (χ2v) is 7.05. The highest BCUT2D eigenvalue weighted by Crippen LogP contribution is 2.17. The number of nitrogens with zero attached hydrogens (tertiary/aromatic N) is 3. The molecule has 0 bridgehead atoms. The summed E-state index contributed by atoms with van der Waals surface area (Å²) in [5, 5.41) is 3.10. The molecule has 156 valence electrons. The van der Waals surface area contributed by atoms with Crippen molar-refractivity contribution >= 4 is 28.5 Å². The lowest BCUT2D eigenvalue weighted by Crippen LogP contribution is -2.39. The quantitative estimate of drug-likeness (QED) is 0.626. The molecular formula is C22H24N4O4. The van der Waals surface area contributed by atoms with E-state index in [0.29, 0.717) is 17.8 Å². The number of para-hydroxylation sites is 2. The average Bonchev–Trinajstić information content (AvgIpc) is 2.80. The zero-order valence-electron chi connectivity index (χ0n) is 16.8. The molecule has 1 N–H and O–H groups in total. The summed E-state index contributed by atoms with van der Waals surface area (Å²) in [5.74, 6) is -0.155. The van der Waals surface area contributed by atoms with Crippen LogP contribution in [0.15, 0.2) is 53.3 Å². The van der Waals surface area contributed by atoms with Crippen LogP contribution in [0.2, 0.25) is 0 Å². The second kappa shape index (κ2) is 9.06. The van der Waals surface area contributed by atoms with Crippen LogP contribution < -0.4 is 10.9 Å². The number of carbonyl (C=O) groups excluding carboxylic acids is 1. The first-order valence-electron chi connectivity index (χ1n) is 9.91. The average molecular weight is 408 g/mol. The van der Waals surface area contributed by atoms with Crippen molar-refractivity contribution in [2.45, 2.75) is 6.54 Å². The van der Waals surface area contributed by atoms with Crippen LogP contribution in [0.5, 0.6) is 0 Å². The number of carbonyl (C=O) groups is 1. The molecule has 0 spiro atoms. The topological polar surface area (TPSA) is 85.7 Å². The minimum Gasteiger partial charge on any atom is -0.465 e. The maximum Gasteiger partial charge on any atom is 0.337 e. The zero-order chi connectivity index (χ0) is 20.9. The van der Waals surface area contributed by atoms with E-state index in [-0.39, 0.29) is 11.4 Å². The first-order chi connectivity index (χ1) is 14.7. The van der Waals surface area contributed by atoms with Gasteiger partial charge in [-0.25, -0.2) is 9.78 Å². The number of hydrogen-bond donors (Lipinski definition) is 1. The smallest absolute Gasteiger partial charge is 0.337 e. The first-order valence-corrected chi connectivity index (χ1v) is 9.91. The summed E-state index contributed by atoms with van der Waals surface area (Å²) in [6.07, 6.45) is 0. The molecule has 0 amide bonds. The molecule has 1 aliphatic heterocycles. The Labute approximate surface area is 174 Å². The number of morpholine rings is 1. The van der Waals surface area contributed by atoms with Gasteiger partial charge in [-0.3, -0.25) is 9.69 Å². The summed E-state index contributed by atoms with van der Waals surface area (Å²) in [7, 11) is 1.34. The van der Waals surface area contributed by atoms with E-state index >= 15 is 0 Å². The fourth-order valence-corrected chi connectivity index (χ4v) is 3.51. The third-order valence-electron chi connectivity index (χ3n) is 5.16. The van der Waals surface area contributed by atoms with Gasteiger partial charge >= 0.3 is 5.97 Å². The minimum absolute atomic E-state index is 0.181. The predicted octanol–water partition coefficient (Wildman–Crippen LogP) is 2.26. The molecule has 2 heterocycles. The van der Waals surface area contributed by atoms with E-state index in [4.69, 9.17) is 9.47 Å². The molecule has 2 aromatic carbocycles. The number of methoxy groups -OCH3 is 1. The fraction of sp³-hybridized carbons (Fsp3) is 0.318. The molecule has 1 fully saturated rings. The molecule has 8 heteroatoms. The van der Waals surface area contributed by atoms with Crippen molar-refractivity contribution in [2.24, 2.45) is 0 Å². The van der Waals surface area contributed by atoms with E-state index in [1.807, 2.05) is 24.3 Å². The molecule has 0 saturated carbocycles. The van der Waals surface area contributed by atoms with Crippen LogP contribution in [0, 0.1) is 0 Å². The van der Waals surface area contributed by atoms with Gasteiger partial charge in [0.1, 0.15) is 0 Å². The van der Waals surface area contributed by atoms with Crippen molar-refractivity contribution in [3.63, 3.8) is 0 Å². The maximum atomic E-state index is 13.2. The summed E-state index contributed by atoms with van der Waals surface area (Å²) >= 11 is 0. The van der Waals surface area contributed by atoms with Crippen molar-refractivity contribution in [1.29, 1.82) is 0 Å². The van der Waals surface area contributed by atoms with Crippen molar-refractivity contribution in [2.75, 3.05) is 45.3 Å². The van der Waals surface area contributed by atoms with Gasteiger partial charge in [0.2, 0.25) is 0 Å². The molecule has 4 rings (SSSR count). The van der Waals surface area contributed by atoms with Gasteiger partial charge in [0.25, 0.3) is 5.56 Å². The monoisotopic (exact) mass is 408 g/mol. The van der Waals surface area contributed by atoms with E-state index < -0.39 is 5.97 Å². The second-order valence-electron chi connectivity index (χ2n) is 7.05. The molecule has 30 heavy (non-hydrogen) atoms. The number of ether oxygens (including phenoxy) is 2. The van der Waals surface area contributed by atoms with Gasteiger partial charge in [-0.15, -0.1) is 0 Å². The van der Waals surface area contributed by atoms with Crippen LogP contribution >= 0.6 is 0 Å². The highest BCUT2D eigenvalue weighted by Gasteiger charge is 2.15. The van der Waals surface area contributed by atoms with Gasteiger partial charge in [-0.2, -0.15) is 0 Å². The third kappa shape index (κ3) is 4.34. The van der Waals surface area contributed by atoms with E-state index in [1.54, 1.807) is 28.8 Å². The van der Waals surface area contributed by atoms with Crippen molar-refractivity contribution in [3.8, 4) is 0 Å². The van der Waals surface area contributed by atoms with Gasteiger partial charge in [-0.1, -0.05) is 12.1 Å². The first kappa shape index (κ1) is 20.1. The summed E-state index contributed by atoms with van der Waals surface area (Å²) < 4.78 is 11.9. The van der Waals surface area contributed by atoms with Crippen LogP contribution in [0.1, 0.15) is 10.4 Å². The largest absolute Gasteiger partial charge is 0.465 e. The highest BCUT2D eigenvalue weighted by atomic mass is 16.5. The number of fused-ring (bicyclic) bond motifs is 1. The van der Waals surface area contributed by atoms with Crippen molar-refractivity contribution in [1.82, 2.24) is 14.5 Å². The Morgan fingerprint density at radius 3 is 2.57 bits per heavy atom. The molecular weight excluding hydrogens is 384 g/mol. The van der Waals surface area contributed by atoms with Gasteiger partial charge in [0.05, 0.1) is 36.9 Å². The molecule has 1 aromatic heterocycles. The molecule has 1 aliphatic rings. The third-order valence-corrected chi connectivity index (χ3v) is 5.16. The SMILES string of the molecule is COC(=O)c1ccc(Nc2nc3ccccc3n(CCN3CCOCC3)c2=O)cc1. The van der Waals surface area contributed by atoms with Gasteiger partial charge in [-0.05, 0) is 36.4 Å². The number of hydrogen-bond acceptors (Lipinski definition) is 7. The van der Waals surface area contributed by atoms with E-state index in [9.17, 15) is 9.59 Å². The van der Waals surface area contributed by atoms with Gasteiger partial charge in [0.15, 0.2) is 5.82 Å². The number of rotatable bonds is 6. The summed E-state index contributed by atoms with van der Waals surface area (Å²) in [4.78, 5) is 31.6. The highest BCUT2D eigenvalue weighted by molar-refractivity contribution is 5.89. The van der Waals surface area contributed by atoms with E-state index in [2.05, 4.69) is 15.2 Å².